The van der Waals surface area contributed by atoms with Gasteiger partial charge in [-0.1, -0.05) is 37.7 Å². The van der Waals surface area contributed by atoms with E-state index in [1.807, 2.05) is 0 Å². The van der Waals surface area contributed by atoms with Crippen molar-refractivity contribution in [2.75, 3.05) is 18.9 Å². The summed E-state index contributed by atoms with van der Waals surface area (Å²) < 4.78 is 33.5. The van der Waals surface area contributed by atoms with Crippen LogP contribution >= 0.6 is 11.8 Å². The molecule has 1 aromatic carbocycles. The number of aromatic nitrogens is 3. The number of nitrogens with one attached hydrogen (secondary N) is 1. The van der Waals surface area contributed by atoms with Gasteiger partial charge in [0.2, 0.25) is 21.1 Å². The van der Waals surface area contributed by atoms with Crippen molar-refractivity contribution in [2.45, 2.75) is 42.6 Å². The maximum absolute atomic E-state index is 12.8. The predicted octanol–water partition coefficient (Wildman–Crippen LogP) is 2.08. The van der Waals surface area contributed by atoms with E-state index in [4.69, 9.17) is 10.3 Å². The minimum atomic E-state index is -3.62. The van der Waals surface area contributed by atoms with E-state index in [1.54, 1.807) is 51.3 Å². The Morgan fingerprint density at radius 1 is 1.25 bits per heavy atom. The quantitative estimate of drug-likeness (QED) is 0.334. The number of nitrogens with zero attached hydrogens (tertiary/aromatic N) is 4. The zero-order valence-electron chi connectivity index (χ0n) is 18.1. The van der Waals surface area contributed by atoms with Crippen molar-refractivity contribution in [1.82, 2.24) is 24.5 Å². The van der Waals surface area contributed by atoms with Crippen molar-refractivity contribution in [2.24, 2.45) is 0 Å². The second kappa shape index (κ2) is 10.2. The molecule has 0 aliphatic carbocycles. The predicted molar refractivity (Wildman–Crippen MR) is 122 cm³/mol. The molecule has 172 valence electrons. The molecule has 10 nitrogen and oxygen atoms in total. The maximum atomic E-state index is 12.8. The summed E-state index contributed by atoms with van der Waals surface area (Å²) in [6.45, 7) is 6.33. The fourth-order valence-electron chi connectivity index (χ4n) is 3.01. The summed E-state index contributed by atoms with van der Waals surface area (Å²) in [5, 5.41) is 10.8. The third kappa shape index (κ3) is 5.14. The zero-order chi connectivity index (χ0) is 23.3. The van der Waals surface area contributed by atoms with Gasteiger partial charge in [0, 0.05) is 18.7 Å². The van der Waals surface area contributed by atoms with E-state index < -0.39 is 15.3 Å². The van der Waals surface area contributed by atoms with E-state index in [9.17, 15) is 13.2 Å². The van der Waals surface area contributed by atoms with E-state index in [2.05, 4.69) is 15.5 Å². The van der Waals surface area contributed by atoms with Crippen molar-refractivity contribution in [3.8, 4) is 11.4 Å². The normalized spacial score (nSPS) is 12.8. The first-order valence-corrected chi connectivity index (χ1v) is 12.4. The van der Waals surface area contributed by atoms with Gasteiger partial charge in [-0.3, -0.25) is 4.79 Å². The van der Waals surface area contributed by atoms with E-state index in [0.717, 1.165) is 11.8 Å². The molecule has 0 saturated heterocycles. The van der Waals surface area contributed by atoms with Gasteiger partial charge in [-0.2, -0.15) is 4.31 Å². The highest BCUT2D eigenvalue weighted by Gasteiger charge is 2.24. The number of carbonyl (C=O) groups excluding carboxylic acids is 1. The number of thioether (sulfide) groups is 1. The number of carbonyl (C=O) groups is 1. The SMILES string of the molecule is CCN(CC)S(=O)(=O)c1cccc(-c2nnc(S[C@H](C)C(=O)NCc3ccco3)n2N)c1. The van der Waals surface area contributed by atoms with Crippen molar-refractivity contribution < 1.29 is 17.6 Å². The molecule has 2 heterocycles. The smallest absolute Gasteiger partial charge is 0.243 e. The fourth-order valence-corrected chi connectivity index (χ4v) is 5.30. The lowest BCUT2D eigenvalue weighted by atomic mass is 10.2. The molecule has 0 radical (unpaired) electrons. The van der Waals surface area contributed by atoms with Crippen LogP contribution in [0, 0.1) is 0 Å². The summed E-state index contributed by atoms with van der Waals surface area (Å²) in [4.78, 5) is 12.5. The number of amides is 1. The molecule has 0 unspecified atom stereocenters. The molecule has 3 rings (SSSR count). The molecule has 0 aliphatic rings. The molecule has 0 bridgehead atoms. The highest BCUT2D eigenvalue weighted by molar-refractivity contribution is 8.00. The molecular formula is C20H26N6O4S2. The summed E-state index contributed by atoms with van der Waals surface area (Å²) in [7, 11) is -3.62. The minimum absolute atomic E-state index is 0.154. The van der Waals surface area contributed by atoms with Gasteiger partial charge in [0.1, 0.15) is 5.76 Å². The van der Waals surface area contributed by atoms with Crippen molar-refractivity contribution >= 4 is 27.7 Å². The Hall–Kier alpha value is -2.83. The standard InChI is InChI=1S/C20H26N6O4S2/c1-4-25(5-2)32(28,29)17-10-6-8-15(12-17)18-23-24-20(26(18)21)31-14(3)19(27)22-13-16-9-7-11-30-16/h6-12,14H,4-5,13,21H2,1-3H3,(H,22,27)/t14-/m1/s1. The van der Waals surface area contributed by atoms with Crippen LogP contribution in [0.25, 0.3) is 11.4 Å². The number of rotatable bonds is 10. The highest BCUT2D eigenvalue weighted by atomic mass is 32.2. The lowest BCUT2D eigenvalue weighted by molar-refractivity contribution is -0.120. The van der Waals surface area contributed by atoms with Crippen LogP contribution < -0.4 is 11.2 Å². The Balaban J connectivity index is 1.75. The molecule has 0 saturated carbocycles. The number of benzene rings is 1. The van der Waals surface area contributed by atoms with Crippen LogP contribution in [-0.2, 0) is 21.4 Å². The van der Waals surface area contributed by atoms with Gasteiger partial charge in [-0.05, 0) is 31.2 Å². The second-order valence-corrected chi connectivity index (χ2v) is 10.1. The number of sulfonamides is 1. The summed E-state index contributed by atoms with van der Waals surface area (Å²) in [6.07, 6.45) is 1.54. The first kappa shape index (κ1) is 23.8. The van der Waals surface area contributed by atoms with Crippen LogP contribution in [0.15, 0.2) is 57.1 Å². The number of hydrogen-bond acceptors (Lipinski definition) is 8. The van der Waals surface area contributed by atoms with Gasteiger partial charge in [0.25, 0.3) is 0 Å². The van der Waals surface area contributed by atoms with Gasteiger partial charge in [0.05, 0.1) is 23.0 Å². The minimum Gasteiger partial charge on any atom is -0.467 e. The first-order chi connectivity index (χ1) is 15.3. The topological polar surface area (TPSA) is 136 Å². The van der Waals surface area contributed by atoms with Crippen molar-refractivity contribution in [1.29, 1.82) is 0 Å². The summed E-state index contributed by atoms with van der Waals surface area (Å²) >= 11 is 1.15. The molecule has 3 N–H and O–H groups in total. The fraction of sp³-hybridized carbons (Fsp3) is 0.350. The van der Waals surface area contributed by atoms with Gasteiger partial charge in [-0.25, -0.2) is 13.1 Å². The zero-order valence-corrected chi connectivity index (χ0v) is 19.7. The molecule has 0 aliphatic heterocycles. The van der Waals surface area contributed by atoms with Gasteiger partial charge >= 0.3 is 0 Å². The third-order valence-electron chi connectivity index (χ3n) is 4.77. The third-order valence-corrected chi connectivity index (χ3v) is 7.87. The van der Waals surface area contributed by atoms with Crippen molar-refractivity contribution in [3.63, 3.8) is 0 Å². The number of furan rings is 1. The average Bonchev–Trinajstić information content (AvgIpc) is 3.43. The van der Waals surface area contributed by atoms with Crippen LogP contribution in [0.5, 0.6) is 0 Å². The van der Waals surface area contributed by atoms with E-state index in [1.165, 1.54) is 21.1 Å². The Labute approximate surface area is 191 Å². The van der Waals surface area contributed by atoms with Gasteiger partial charge < -0.3 is 15.6 Å². The largest absolute Gasteiger partial charge is 0.467 e. The molecule has 3 aromatic rings. The molecule has 1 amide bonds. The lowest BCUT2D eigenvalue weighted by Crippen LogP contribution is -2.30. The van der Waals surface area contributed by atoms with Crippen LogP contribution in [0.1, 0.15) is 26.5 Å². The summed E-state index contributed by atoms with van der Waals surface area (Å²) in [6, 6.07) is 9.93. The van der Waals surface area contributed by atoms with Crippen molar-refractivity contribution in [3.05, 3.63) is 48.4 Å². The Morgan fingerprint density at radius 3 is 2.66 bits per heavy atom. The Morgan fingerprint density at radius 2 is 2.00 bits per heavy atom. The highest BCUT2D eigenvalue weighted by Crippen LogP contribution is 2.27. The van der Waals surface area contributed by atoms with E-state index in [0.29, 0.717) is 35.4 Å². The van der Waals surface area contributed by atoms with E-state index >= 15 is 0 Å². The van der Waals surface area contributed by atoms with Gasteiger partial charge in [-0.15, -0.1) is 10.2 Å². The van der Waals surface area contributed by atoms with Gasteiger partial charge in [0.15, 0.2) is 5.82 Å². The van der Waals surface area contributed by atoms with Crippen LogP contribution in [0.3, 0.4) is 0 Å². The molecule has 2 aromatic heterocycles. The van der Waals surface area contributed by atoms with Crippen LogP contribution in [0.2, 0.25) is 0 Å². The van der Waals surface area contributed by atoms with Crippen LogP contribution in [0.4, 0.5) is 0 Å². The lowest BCUT2D eigenvalue weighted by Gasteiger charge is -2.18. The summed E-state index contributed by atoms with van der Waals surface area (Å²) in [5.41, 5.74) is 0.509. The average molecular weight is 479 g/mol. The first-order valence-electron chi connectivity index (χ1n) is 10.1. The molecule has 1 atom stereocenters. The number of nitrogen functional groups attached to an aromatic ring is 1. The van der Waals surface area contributed by atoms with Crippen LogP contribution in [-0.4, -0.2) is 51.8 Å². The Kier molecular flexibility index (Phi) is 7.59. The molecule has 0 spiro atoms. The number of hydrogen-bond donors (Lipinski definition) is 2. The van der Waals surface area contributed by atoms with E-state index in [-0.39, 0.29) is 17.3 Å². The number of nitrogens with two attached hydrogens (primary N) is 1. The second-order valence-electron chi connectivity index (χ2n) is 6.85. The molecule has 32 heavy (non-hydrogen) atoms. The summed E-state index contributed by atoms with van der Waals surface area (Å²) in [5.74, 6) is 6.92. The molecule has 12 heteroatoms. The maximum Gasteiger partial charge on any atom is 0.243 e. The molecular weight excluding hydrogens is 452 g/mol. The Bertz CT molecular complexity index is 1160. The monoisotopic (exact) mass is 478 g/mol. The molecule has 0 fully saturated rings.